The molecule has 2 heterocycles. The number of nitrogens with zero attached hydrogens (tertiary/aromatic N) is 2. The van der Waals surface area contributed by atoms with E-state index in [1.807, 2.05) is 20.8 Å². The monoisotopic (exact) mass is 235 g/mol. The van der Waals surface area contributed by atoms with Crippen LogP contribution in [0, 0.1) is 5.51 Å². The van der Waals surface area contributed by atoms with E-state index in [2.05, 4.69) is 15.5 Å². The van der Waals surface area contributed by atoms with Crippen LogP contribution in [-0.2, 0) is 4.74 Å². The summed E-state index contributed by atoms with van der Waals surface area (Å²) in [7, 11) is 0. The Morgan fingerprint density at radius 1 is 1.50 bits per heavy atom. The fourth-order valence-electron chi connectivity index (χ4n) is 1.16. The largest absolute Gasteiger partial charge is 0.455 e. The lowest BCUT2D eigenvalue weighted by atomic mass is 10.2. The minimum atomic E-state index is -0.512. The van der Waals surface area contributed by atoms with E-state index in [-0.39, 0.29) is 5.69 Å². The summed E-state index contributed by atoms with van der Waals surface area (Å²) in [5, 5.41) is 0. The molecule has 2 aromatic heterocycles. The highest BCUT2D eigenvalue weighted by molar-refractivity contribution is 7.16. The van der Waals surface area contributed by atoms with Gasteiger partial charge in [-0.25, -0.2) is 14.8 Å². The van der Waals surface area contributed by atoms with Gasteiger partial charge in [0.2, 0.25) is 0 Å². The van der Waals surface area contributed by atoms with Gasteiger partial charge in [-0.1, -0.05) is 0 Å². The van der Waals surface area contributed by atoms with Gasteiger partial charge in [-0.15, -0.1) is 11.3 Å². The molecule has 0 unspecified atom stereocenters. The third kappa shape index (κ3) is 2.36. The van der Waals surface area contributed by atoms with Crippen molar-refractivity contribution in [1.29, 1.82) is 0 Å². The normalized spacial score (nSPS) is 11.7. The molecule has 0 atom stereocenters. The molecule has 0 spiro atoms. The van der Waals surface area contributed by atoms with Gasteiger partial charge in [0.1, 0.15) is 5.60 Å². The Morgan fingerprint density at radius 2 is 2.25 bits per heavy atom. The van der Waals surface area contributed by atoms with E-state index >= 15 is 0 Å². The third-order valence-corrected chi connectivity index (χ3v) is 2.49. The molecule has 2 aromatic rings. The summed E-state index contributed by atoms with van der Waals surface area (Å²) in [4.78, 5) is 19.7. The van der Waals surface area contributed by atoms with Gasteiger partial charge in [0, 0.05) is 6.20 Å². The summed E-state index contributed by atoms with van der Waals surface area (Å²) >= 11 is 1.37. The Morgan fingerprint density at radius 3 is 2.94 bits per heavy atom. The Hall–Kier alpha value is -1.49. The smallest absolute Gasteiger partial charge is 0.357 e. The number of thiazole rings is 1. The van der Waals surface area contributed by atoms with Crippen LogP contribution in [0.3, 0.4) is 0 Å². The average molecular weight is 235 g/mol. The van der Waals surface area contributed by atoms with E-state index in [1.165, 1.54) is 11.3 Å². The number of hydrogen-bond acceptors (Lipinski definition) is 5. The predicted molar refractivity (Wildman–Crippen MR) is 61.4 cm³/mol. The zero-order valence-corrected chi connectivity index (χ0v) is 10.1. The number of fused-ring (bicyclic) bond motifs is 1. The first kappa shape index (κ1) is 11.0. The topological polar surface area (TPSA) is 52.1 Å². The summed E-state index contributed by atoms with van der Waals surface area (Å²) in [6.45, 7) is 5.46. The standard InChI is InChI=1S/C11H11N2O2S/c1-11(2,3)15-10(14)8-4-7-9(5-12-8)16-6-13-7/h4-5H,1-3H3. The number of pyridine rings is 1. The second-order valence-corrected chi connectivity index (χ2v) is 5.17. The van der Waals surface area contributed by atoms with Crippen LogP contribution >= 0.6 is 11.3 Å². The zero-order chi connectivity index (χ0) is 11.8. The molecule has 0 bridgehead atoms. The van der Waals surface area contributed by atoms with Crippen LogP contribution in [0.4, 0.5) is 0 Å². The molecule has 2 rings (SSSR count). The van der Waals surface area contributed by atoms with Crippen LogP contribution in [0.1, 0.15) is 31.3 Å². The molecule has 0 aliphatic carbocycles. The Labute approximate surface area is 97.3 Å². The molecule has 0 saturated heterocycles. The molecule has 0 aromatic carbocycles. The van der Waals surface area contributed by atoms with Gasteiger partial charge in [-0.3, -0.25) is 0 Å². The summed E-state index contributed by atoms with van der Waals surface area (Å²) < 4.78 is 6.12. The van der Waals surface area contributed by atoms with Gasteiger partial charge in [0.25, 0.3) is 0 Å². The van der Waals surface area contributed by atoms with E-state index in [0.717, 1.165) is 10.2 Å². The first-order valence-electron chi connectivity index (χ1n) is 4.82. The molecule has 0 N–H and O–H groups in total. The van der Waals surface area contributed by atoms with Crippen LogP contribution in [-0.4, -0.2) is 21.5 Å². The van der Waals surface area contributed by atoms with Crippen molar-refractivity contribution >= 4 is 27.5 Å². The third-order valence-electron chi connectivity index (χ3n) is 1.78. The number of aromatic nitrogens is 2. The van der Waals surface area contributed by atoms with Gasteiger partial charge < -0.3 is 4.74 Å². The van der Waals surface area contributed by atoms with Crippen molar-refractivity contribution in [2.24, 2.45) is 0 Å². The number of carbonyl (C=O) groups excluding carboxylic acids is 1. The van der Waals surface area contributed by atoms with Crippen LogP contribution in [0.15, 0.2) is 12.3 Å². The minimum Gasteiger partial charge on any atom is -0.455 e. The maximum absolute atomic E-state index is 11.7. The van der Waals surface area contributed by atoms with Crippen molar-refractivity contribution in [1.82, 2.24) is 9.97 Å². The number of rotatable bonds is 1. The lowest BCUT2D eigenvalue weighted by molar-refractivity contribution is 0.00631. The van der Waals surface area contributed by atoms with E-state index < -0.39 is 11.6 Å². The summed E-state index contributed by atoms with van der Waals surface area (Å²) in [5.41, 5.74) is 3.24. The van der Waals surface area contributed by atoms with Crippen molar-refractivity contribution < 1.29 is 9.53 Å². The Kier molecular flexibility index (Phi) is 2.63. The van der Waals surface area contributed by atoms with Crippen LogP contribution in [0.2, 0.25) is 0 Å². The molecular weight excluding hydrogens is 224 g/mol. The maximum atomic E-state index is 11.7. The predicted octanol–water partition coefficient (Wildman–Crippen LogP) is 2.45. The van der Waals surface area contributed by atoms with E-state index in [9.17, 15) is 4.79 Å². The molecule has 0 amide bonds. The number of esters is 1. The van der Waals surface area contributed by atoms with Crippen LogP contribution in [0.5, 0.6) is 0 Å². The molecule has 0 fully saturated rings. The van der Waals surface area contributed by atoms with Gasteiger partial charge in [-0.05, 0) is 26.8 Å². The summed E-state index contributed by atoms with van der Waals surface area (Å²) in [5.74, 6) is -0.428. The second-order valence-electron chi connectivity index (χ2n) is 4.34. The highest BCUT2D eigenvalue weighted by Gasteiger charge is 2.19. The molecule has 1 radical (unpaired) electrons. The number of ether oxygens (including phenoxy) is 1. The SMILES string of the molecule is CC(C)(C)OC(=O)c1cc2n[c]sc2cn1. The van der Waals surface area contributed by atoms with E-state index in [0.29, 0.717) is 0 Å². The Balaban J connectivity index is 2.29. The molecular formula is C11H11N2O2S. The first-order chi connectivity index (χ1) is 7.46. The fraction of sp³-hybridized carbons (Fsp3) is 0.364. The van der Waals surface area contributed by atoms with E-state index in [4.69, 9.17) is 4.74 Å². The number of carbonyl (C=O) groups is 1. The summed E-state index contributed by atoms with van der Waals surface area (Å²) in [6.07, 6.45) is 1.61. The van der Waals surface area contributed by atoms with E-state index in [1.54, 1.807) is 12.3 Å². The van der Waals surface area contributed by atoms with Crippen molar-refractivity contribution in [3.05, 3.63) is 23.5 Å². The summed E-state index contributed by atoms with van der Waals surface area (Å²) in [6, 6.07) is 1.62. The maximum Gasteiger partial charge on any atom is 0.357 e. The van der Waals surface area contributed by atoms with Crippen molar-refractivity contribution in [2.75, 3.05) is 0 Å². The number of hydrogen-bond donors (Lipinski definition) is 0. The van der Waals surface area contributed by atoms with Crippen molar-refractivity contribution in [3.8, 4) is 0 Å². The lowest BCUT2D eigenvalue weighted by Gasteiger charge is -2.18. The fourth-order valence-corrected chi connectivity index (χ4v) is 1.72. The molecule has 0 aliphatic heterocycles. The first-order valence-corrected chi connectivity index (χ1v) is 5.63. The van der Waals surface area contributed by atoms with Gasteiger partial charge >= 0.3 is 5.97 Å². The highest BCUT2D eigenvalue weighted by atomic mass is 32.1. The molecule has 83 valence electrons. The Bertz CT molecular complexity index is 528. The molecule has 5 heteroatoms. The van der Waals surface area contributed by atoms with Gasteiger partial charge in [0.05, 0.1) is 10.2 Å². The van der Waals surface area contributed by atoms with Crippen molar-refractivity contribution in [2.45, 2.75) is 26.4 Å². The molecule has 0 saturated carbocycles. The zero-order valence-electron chi connectivity index (χ0n) is 9.27. The molecule has 16 heavy (non-hydrogen) atoms. The van der Waals surface area contributed by atoms with Crippen molar-refractivity contribution in [3.63, 3.8) is 0 Å². The average Bonchev–Trinajstić information content (AvgIpc) is 2.61. The highest BCUT2D eigenvalue weighted by Crippen LogP contribution is 2.18. The minimum absolute atomic E-state index is 0.279. The molecule has 4 nitrogen and oxygen atoms in total. The second kappa shape index (κ2) is 3.83. The lowest BCUT2D eigenvalue weighted by Crippen LogP contribution is -2.24. The van der Waals surface area contributed by atoms with Gasteiger partial charge in [0.15, 0.2) is 11.2 Å². The molecule has 0 aliphatic rings. The van der Waals surface area contributed by atoms with Gasteiger partial charge in [-0.2, -0.15) is 0 Å². The van der Waals surface area contributed by atoms with Crippen LogP contribution in [0.25, 0.3) is 10.2 Å². The quantitative estimate of drug-likeness (QED) is 0.712. The van der Waals surface area contributed by atoms with Crippen LogP contribution < -0.4 is 0 Å².